The van der Waals surface area contributed by atoms with Crippen LogP contribution in [0.1, 0.15) is 0 Å². The number of rotatable bonds is 0. The highest BCUT2D eigenvalue weighted by Gasteiger charge is 2.52. The van der Waals surface area contributed by atoms with Crippen LogP contribution in [0.15, 0.2) is 17.1 Å². The van der Waals surface area contributed by atoms with Crippen molar-refractivity contribution in [2.75, 3.05) is 0 Å². The van der Waals surface area contributed by atoms with Gasteiger partial charge in [-0.15, -0.1) is 11.6 Å². The van der Waals surface area contributed by atoms with E-state index in [9.17, 15) is 13.2 Å². The highest BCUT2D eigenvalue weighted by atomic mass is 35.5. The van der Waals surface area contributed by atoms with Gasteiger partial charge >= 0.3 is 6.18 Å². The Labute approximate surface area is 66.6 Å². The van der Waals surface area contributed by atoms with Crippen molar-refractivity contribution in [1.29, 1.82) is 0 Å². The van der Waals surface area contributed by atoms with Gasteiger partial charge in [0.1, 0.15) is 6.54 Å². The van der Waals surface area contributed by atoms with Crippen LogP contribution >= 0.6 is 11.6 Å². The van der Waals surface area contributed by atoms with E-state index in [-0.39, 0.29) is 0 Å². The molecule has 0 aromatic carbocycles. The topological polar surface area (TPSA) is 12.4 Å². The third-order valence-corrected chi connectivity index (χ3v) is 1.65. The Morgan fingerprint density at radius 2 is 2.00 bits per heavy atom. The first-order chi connectivity index (χ1) is 4.96. The molecule has 1 rings (SSSR count). The molecule has 0 aliphatic carbocycles. The molecule has 1 heterocycles. The van der Waals surface area contributed by atoms with Gasteiger partial charge in [0.25, 0.3) is 0 Å². The van der Waals surface area contributed by atoms with Gasteiger partial charge in [-0.05, 0) is 6.08 Å². The van der Waals surface area contributed by atoms with E-state index in [0.717, 1.165) is 6.08 Å². The van der Waals surface area contributed by atoms with Crippen LogP contribution < -0.4 is 0 Å². The highest BCUT2D eigenvalue weighted by Crippen LogP contribution is 2.40. The Morgan fingerprint density at radius 1 is 1.36 bits per heavy atom. The predicted octanol–water partition coefficient (Wildman–Crippen LogP) is 2.33. The molecule has 5 heteroatoms. The summed E-state index contributed by atoms with van der Waals surface area (Å²) in [6.07, 6.45) is -1.22. The lowest BCUT2D eigenvalue weighted by atomic mass is 10.1. The second-order valence-electron chi connectivity index (χ2n) is 2.05. The second kappa shape index (κ2) is 2.52. The minimum atomic E-state index is -4.48. The number of aliphatic imine (C=N–C) groups is 1. The number of allylic oxidation sites excluding steroid dienone is 1. The molecule has 0 fully saturated rings. The van der Waals surface area contributed by atoms with Crippen LogP contribution in [0.5, 0.6) is 0 Å². The summed E-state index contributed by atoms with van der Waals surface area (Å²) in [6.45, 7) is 0.661. The summed E-state index contributed by atoms with van der Waals surface area (Å²) in [4.78, 5) is 0.893. The van der Waals surface area contributed by atoms with E-state index in [1.54, 1.807) is 0 Å². The average Bonchev–Trinajstić information content (AvgIpc) is 1.87. The fraction of sp³-hybridized carbons (Fsp3) is 0.333. The fourth-order valence-electron chi connectivity index (χ4n) is 0.595. The van der Waals surface area contributed by atoms with Crippen molar-refractivity contribution >= 4 is 17.8 Å². The normalized spacial score (nSPS) is 30.9. The summed E-state index contributed by atoms with van der Waals surface area (Å²) in [5.74, 6) is 0. The zero-order valence-corrected chi connectivity index (χ0v) is 6.02. The Balaban J connectivity index is 2.84. The molecule has 0 aromatic heterocycles. The first-order valence-electron chi connectivity index (χ1n) is 2.77. The van der Waals surface area contributed by atoms with Crippen LogP contribution in [-0.2, 0) is 0 Å². The Morgan fingerprint density at radius 3 is 2.27 bits per heavy atom. The standard InChI is InChI=1S/C6H4ClF3N/c7-5(6(8,9)10)2-1-3-11-4-5/h1-4H. The molecular formula is C6H4ClF3N. The lowest BCUT2D eigenvalue weighted by Gasteiger charge is -2.25. The molecule has 1 aliphatic heterocycles. The van der Waals surface area contributed by atoms with E-state index in [1.165, 1.54) is 12.3 Å². The molecule has 0 aromatic rings. The molecule has 0 saturated heterocycles. The molecule has 0 amide bonds. The van der Waals surface area contributed by atoms with Gasteiger partial charge in [0, 0.05) is 6.21 Å². The van der Waals surface area contributed by atoms with Crippen LogP contribution in [-0.4, -0.2) is 17.3 Å². The zero-order chi connectivity index (χ0) is 8.54. The molecule has 1 atom stereocenters. The lowest BCUT2D eigenvalue weighted by Crippen LogP contribution is -2.38. The van der Waals surface area contributed by atoms with Crippen molar-refractivity contribution in [1.82, 2.24) is 0 Å². The molecule has 1 aliphatic rings. The van der Waals surface area contributed by atoms with Crippen molar-refractivity contribution < 1.29 is 13.2 Å². The molecule has 0 saturated carbocycles. The van der Waals surface area contributed by atoms with E-state index in [0.29, 0.717) is 6.54 Å². The van der Waals surface area contributed by atoms with Gasteiger partial charge in [-0.1, -0.05) is 6.08 Å². The van der Waals surface area contributed by atoms with Crippen LogP contribution in [0, 0.1) is 6.54 Å². The summed E-state index contributed by atoms with van der Waals surface area (Å²) < 4.78 is 36.1. The van der Waals surface area contributed by atoms with Crippen molar-refractivity contribution in [3.63, 3.8) is 0 Å². The molecule has 1 unspecified atom stereocenters. The summed E-state index contributed by atoms with van der Waals surface area (Å²) in [6, 6.07) is 0. The van der Waals surface area contributed by atoms with E-state index in [2.05, 4.69) is 4.99 Å². The third kappa shape index (κ3) is 1.56. The molecule has 0 bridgehead atoms. The quantitative estimate of drug-likeness (QED) is 0.510. The van der Waals surface area contributed by atoms with Gasteiger partial charge in [0.05, 0.1) is 0 Å². The smallest absolute Gasteiger partial charge is 0.285 e. The molecule has 1 nitrogen and oxygen atoms in total. The average molecular weight is 183 g/mol. The summed E-state index contributed by atoms with van der Waals surface area (Å²) >= 11 is 5.17. The number of dihydropyridines is 1. The molecule has 61 valence electrons. The third-order valence-electron chi connectivity index (χ3n) is 1.21. The number of hydrogen-bond acceptors (Lipinski definition) is 1. The van der Waals surface area contributed by atoms with Crippen LogP contribution in [0.3, 0.4) is 0 Å². The van der Waals surface area contributed by atoms with Crippen molar-refractivity contribution in [3.05, 3.63) is 18.7 Å². The second-order valence-corrected chi connectivity index (χ2v) is 2.68. The first-order valence-corrected chi connectivity index (χ1v) is 3.14. The number of alkyl halides is 4. The van der Waals surface area contributed by atoms with Crippen LogP contribution in [0.4, 0.5) is 13.2 Å². The van der Waals surface area contributed by atoms with Gasteiger partial charge in [0.15, 0.2) is 4.87 Å². The van der Waals surface area contributed by atoms with Crippen LogP contribution in [0.25, 0.3) is 0 Å². The molecule has 0 N–H and O–H groups in total. The minimum absolute atomic E-state index is 0.661. The minimum Gasteiger partial charge on any atom is -0.285 e. The van der Waals surface area contributed by atoms with Crippen LogP contribution in [0.2, 0.25) is 0 Å². The van der Waals surface area contributed by atoms with Gasteiger partial charge in [-0.2, -0.15) is 13.2 Å². The predicted molar refractivity (Wildman–Crippen MR) is 36.6 cm³/mol. The molecule has 1 radical (unpaired) electrons. The fourth-order valence-corrected chi connectivity index (χ4v) is 0.724. The SMILES string of the molecule is FC(F)(F)C1(Cl)[CH]N=CC=C1. The van der Waals surface area contributed by atoms with Crippen molar-refractivity contribution in [2.24, 2.45) is 4.99 Å². The van der Waals surface area contributed by atoms with Crippen molar-refractivity contribution in [2.45, 2.75) is 11.1 Å². The van der Waals surface area contributed by atoms with E-state index in [1.807, 2.05) is 0 Å². The van der Waals surface area contributed by atoms with Gasteiger partial charge in [-0.25, -0.2) is 0 Å². The lowest BCUT2D eigenvalue weighted by molar-refractivity contribution is -0.142. The number of hydrogen-bond donors (Lipinski definition) is 0. The van der Waals surface area contributed by atoms with Crippen molar-refractivity contribution in [3.8, 4) is 0 Å². The van der Waals surface area contributed by atoms with Gasteiger partial charge in [-0.3, -0.25) is 4.99 Å². The maximum Gasteiger partial charge on any atom is 0.413 e. The van der Waals surface area contributed by atoms with Gasteiger partial charge in [0.2, 0.25) is 0 Å². The number of halogens is 4. The first kappa shape index (κ1) is 8.59. The summed E-state index contributed by atoms with van der Waals surface area (Å²) in [5.41, 5.74) is 0. The van der Waals surface area contributed by atoms with E-state index >= 15 is 0 Å². The Kier molecular flexibility index (Phi) is 1.96. The summed E-state index contributed by atoms with van der Waals surface area (Å²) in [7, 11) is 0. The zero-order valence-electron chi connectivity index (χ0n) is 5.27. The number of nitrogens with zero attached hydrogens (tertiary/aromatic N) is 1. The molecule has 11 heavy (non-hydrogen) atoms. The van der Waals surface area contributed by atoms with E-state index in [4.69, 9.17) is 11.6 Å². The molecule has 0 spiro atoms. The maximum absolute atomic E-state index is 12.0. The monoisotopic (exact) mass is 182 g/mol. The largest absolute Gasteiger partial charge is 0.413 e. The summed E-state index contributed by atoms with van der Waals surface area (Å²) in [5, 5.41) is 0. The maximum atomic E-state index is 12.0. The Bertz CT molecular complexity index is 208. The van der Waals surface area contributed by atoms with Gasteiger partial charge < -0.3 is 0 Å². The Hall–Kier alpha value is -0.510. The highest BCUT2D eigenvalue weighted by molar-refractivity contribution is 6.27. The van der Waals surface area contributed by atoms with E-state index < -0.39 is 11.1 Å². The molecular weight excluding hydrogens is 179 g/mol.